The molecule has 2 aliphatic rings. The Balaban J connectivity index is 1.94. The number of methoxy groups -OCH3 is 1. The number of benzene rings is 1. The third-order valence-corrected chi connectivity index (χ3v) is 4.39. The van der Waals surface area contributed by atoms with Crippen LogP contribution in [0.1, 0.15) is 26.3 Å². The molecule has 3 rings (SSSR count). The quantitative estimate of drug-likeness (QED) is 0.710. The van der Waals surface area contributed by atoms with E-state index in [1.165, 1.54) is 5.06 Å². The number of amides is 1. The number of allylic oxidation sites excluding steroid dienone is 1. The average molecular weight is 434 g/mol. The fourth-order valence-electron chi connectivity index (χ4n) is 2.58. The van der Waals surface area contributed by atoms with Gasteiger partial charge in [0.15, 0.2) is 23.2 Å². The number of hydroxylamine groups is 2. The van der Waals surface area contributed by atoms with Crippen LogP contribution in [0.3, 0.4) is 0 Å². The van der Waals surface area contributed by atoms with E-state index in [2.05, 4.69) is 34.8 Å². The molecule has 0 aromatic heterocycles. The number of carbonyl (C=O) groups is 1. The van der Waals surface area contributed by atoms with E-state index in [0.29, 0.717) is 45.7 Å². The summed E-state index contributed by atoms with van der Waals surface area (Å²) in [4.78, 5) is 21.8. The van der Waals surface area contributed by atoms with Crippen molar-refractivity contribution in [1.82, 2.24) is 5.06 Å². The van der Waals surface area contributed by atoms with Crippen LogP contribution in [0.15, 0.2) is 39.0 Å². The van der Waals surface area contributed by atoms with Crippen LogP contribution in [0.25, 0.3) is 6.08 Å². The maximum absolute atomic E-state index is 12.4. The van der Waals surface area contributed by atoms with Gasteiger partial charge in [0.1, 0.15) is 5.76 Å². The molecule has 0 radical (unpaired) electrons. The van der Waals surface area contributed by atoms with Gasteiger partial charge in [-0.05, 0) is 52.5 Å². The smallest absolute Gasteiger partial charge is 0.282 e. The molecule has 0 saturated heterocycles. The van der Waals surface area contributed by atoms with Gasteiger partial charge < -0.3 is 14.3 Å². The van der Waals surface area contributed by atoms with Gasteiger partial charge in [-0.25, -0.2) is 0 Å². The first-order chi connectivity index (χ1) is 12.8. The van der Waals surface area contributed by atoms with Crippen molar-refractivity contribution in [3.63, 3.8) is 0 Å². The highest BCUT2D eigenvalue weighted by atomic mass is 79.9. The minimum atomic E-state index is -0.490. The molecule has 2 aliphatic heterocycles. The first kappa shape index (κ1) is 19.2. The Morgan fingerprint density at radius 2 is 2.15 bits per heavy atom. The van der Waals surface area contributed by atoms with Gasteiger partial charge in [-0.15, -0.1) is 5.06 Å². The molecule has 0 unspecified atom stereocenters. The second-order valence-electron chi connectivity index (χ2n) is 6.56. The molecule has 0 saturated carbocycles. The third kappa shape index (κ3) is 3.90. The predicted molar refractivity (Wildman–Crippen MR) is 106 cm³/mol. The second kappa shape index (κ2) is 7.56. The Morgan fingerprint density at radius 3 is 2.81 bits per heavy atom. The van der Waals surface area contributed by atoms with Crippen molar-refractivity contribution in [2.75, 3.05) is 13.7 Å². The van der Waals surface area contributed by atoms with Crippen LogP contribution in [-0.2, 0) is 9.63 Å². The molecule has 0 fully saturated rings. The SMILES string of the molecule is COc1cc(/C=C2/C(=N)N3OC(C)=CC3=NC2=O)cc(Br)c1OCC(C)C. The van der Waals surface area contributed by atoms with Crippen molar-refractivity contribution in [3.8, 4) is 11.5 Å². The van der Waals surface area contributed by atoms with Crippen LogP contribution < -0.4 is 9.47 Å². The summed E-state index contributed by atoms with van der Waals surface area (Å²) in [5, 5.41) is 9.51. The molecule has 1 aromatic carbocycles. The van der Waals surface area contributed by atoms with E-state index in [0.717, 1.165) is 0 Å². The molecule has 1 amide bonds. The summed E-state index contributed by atoms with van der Waals surface area (Å²) in [7, 11) is 1.55. The summed E-state index contributed by atoms with van der Waals surface area (Å²) < 4.78 is 11.9. The fraction of sp³-hybridized carbons (Fsp3) is 0.316. The fourth-order valence-corrected chi connectivity index (χ4v) is 3.15. The van der Waals surface area contributed by atoms with E-state index < -0.39 is 5.91 Å². The normalized spacial score (nSPS) is 17.7. The highest BCUT2D eigenvalue weighted by molar-refractivity contribution is 9.10. The minimum absolute atomic E-state index is 0.0617. The highest BCUT2D eigenvalue weighted by Gasteiger charge is 2.34. The number of amidine groups is 2. The number of carbonyl (C=O) groups excluding carboxylic acids is 1. The molecule has 142 valence electrons. The van der Waals surface area contributed by atoms with E-state index in [4.69, 9.17) is 19.7 Å². The Morgan fingerprint density at radius 1 is 1.41 bits per heavy atom. The molecular formula is C19H20BrN3O4. The second-order valence-corrected chi connectivity index (χ2v) is 7.42. The van der Waals surface area contributed by atoms with E-state index in [-0.39, 0.29) is 11.4 Å². The summed E-state index contributed by atoms with van der Waals surface area (Å²) in [6.07, 6.45) is 3.20. The molecular weight excluding hydrogens is 414 g/mol. The number of aliphatic imine (C=N–C) groups is 1. The van der Waals surface area contributed by atoms with Crippen molar-refractivity contribution in [2.24, 2.45) is 10.9 Å². The van der Waals surface area contributed by atoms with Crippen LogP contribution in [0, 0.1) is 11.3 Å². The first-order valence-corrected chi connectivity index (χ1v) is 9.19. The zero-order chi connectivity index (χ0) is 19.7. The van der Waals surface area contributed by atoms with E-state index in [9.17, 15) is 4.79 Å². The lowest BCUT2D eigenvalue weighted by Gasteiger charge is -2.23. The van der Waals surface area contributed by atoms with E-state index in [1.54, 1.807) is 38.3 Å². The monoisotopic (exact) mass is 433 g/mol. The zero-order valence-electron chi connectivity index (χ0n) is 15.5. The molecule has 0 bridgehead atoms. The number of ether oxygens (including phenoxy) is 2. The molecule has 2 heterocycles. The predicted octanol–water partition coefficient (Wildman–Crippen LogP) is 3.94. The Kier molecular flexibility index (Phi) is 5.36. The average Bonchev–Trinajstić information content (AvgIpc) is 2.97. The lowest BCUT2D eigenvalue weighted by molar-refractivity contribution is -0.114. The summed E-state index contributed by atoms with van der Waals surface area (Å²) in [6.45, 7) is 6.41. The lowest BCUT2D eigenvalue weighted by Crippen LogP contribution is -2.38. The lowest BCUT2D eigenvalue weighted by atomic mass is 10.1. The highest BCUT2D eigenvalue weighted by Crippen LogP contribution is 2.38. The number of nitrogens with zero attached hydrogens (tertiary/aromatic N) is 2. The van der Waals surface area contributed by atoms with Crippen molar-refractivity contribution >= 4 is 39.6 Å². The third-order valence-electron chi connectivity index (χ3n) is 3.80. The van der Waals surface area contributed by atoms with Gasteiger partial charge in [0, 0.05) is 6.08 Å². The van der Waals surface area contributed by atoms with Gasteiger partial charge in [0.2, 0.25) is 0 Å². The summed E-state index contributed by atoms with van der Waals surface area (Å²) in [5.41, 5.74) is 0.804. The number of hydrogen-bond acceptors (Lipinski definition) is 5. The maximum Gasteiger partial charge on any atom is 0.282 e. The molecule has 1 N–H and O–H groups in total. The van der Waals surface area contributed by atoms with Crippen LogP contribution in [0.5, 0.6) is 11.5 Å². The number of hydrogen-bond donors (Lipinski definition) is 1. The minimum Gasteiger partial charge on any atom is -0.493 e. The topological polar surface area (TPSA) is 84.2 Å². The van der Waals surface area contributed by atoms with Crippen LogP contribution >= 0.6 is 15.9 Å². The van der Waals surface area contributed by atoms with Crippen molar-refractivity contribution in [3.05, 3.63) is 39.6 Å². The summed E-state index contributed by atoms with van der Waals surface area (Å²) in [6, 6.07) is 3.56. The van der Waals surface area contributed by atoms with Crippen LogP contribution in [0.4, 0.5) is 0 Å². The van der Waals surface area contributed by atoms with Gasteiger partial charge in [0.25, 0.3) is 5.91 Å². The molecule has 0 atom stereocenters. The van der Waals surface area contributed by atoms with Gasteiger partial charge in [0.05, 0.1) is 23.8 Å². The largest absolute Gasteiger partial charge is 0.493 e. The molecule has 0 aliphatic carbocycles. The Hall–Kier alpha value is -2.61. The van der Waals surface area contributed by atoms with Gasteiger partial charge >= 0.3 is 0 Å². The van der Waals surface area contributed by atoms with Gasteiger partial charge in [-0.1, -0.05) is 13.8 Å². The zero-order valence-corrected chi connectivity index (χ0v) is 17.1. The molecule has 8 heteroatoms. The van der Waals surface area contributed by atoms with Crippen LogP contribution in [-0.4, -0.2) is 36.4 Å². The summed E-state index contributed by atoms with van der Waals surface area (Å²) in [5.74, 6) is 1.84. The molecule has 7 nitrogen and oxygen atoms in total. The van der Waals surface area contributed by atoms with Gasteiger partial charge in [-0.2, -0.15) is 4.99 Å². The number of halogens is 1. The van der Waals surface area contributed by atoms with Crippen molar-refractivity contribution < 1.29 is 19.1 Å². The molecule has 1 aromatic rings. The first-order valence-electron chi connectivity index (χ1n) is 8.40. The standard InChI is InChI=1S/C19H20BrN3O4/c1-10(2)9-26-17-14(20)7-12(8-15(17)25-4)6-13-18(21)23-16(22-19(13)24)5-11(3)27-23/h5-8,10,21H,9H2,1-4H3/b13-6-,21-18?. The van der Waals surface area contributed by atoms with Crippen molar-refractivity contribution in [2.45, 2.75) is 20.8 Å². The number of nitrogens with one attached hydrogen (secondary N) is 1. The van der Waals surface area contributed by atoms with Crippen LogP contribution in [0.2, 0.25) is 0 Å². The Bertz CT molecular complexity index is 902. The Labute approximate surface area is 165 Å². The van der Waals surface area contributed by atoms with Gasteiger partial charge in [-0.3, -0.25) is 10.2 Å². The van der Waals surface area contributed by atoms with E-state index >= 15 is 0 Å². The number of rotatable bonds is 5. The van der Waals surface area contributed by atoms with Crippen molar-refractivity contribution in [1.29, 1.82) is 5.41 Å². The maximum atomic E-state index is 12.4. The molecule has 0 spiro atoms. The van der Waals surface area contributed by atoms with E-state index in [1.807, 2.05) is 0 Å². The summed E-state index contributed by atoms with van der Waals surface area (Å²) >= 11 is 3.49. The molecule has 27 heavy (non-hydrogen) atoms. The number of fused-ring (bicyclic) bond motifs is 1.